The Balaban J connectivity index is 2.00. The molecule has 1 atom stereocenters. The molecule has 3 nitrogen and oxygen atoms in total. The second-order valence-corrected chi connectivity index (χ2v) is 3.70. The summed E-state index contributed by atoms with van der Waals surface area (Å²) in [7, 11) is 0. The van der Waals surface area contributed by atoms with E-state index in [1.807, 2.05) is 0 Å². The lowest BCUT2D eigenvalue weighted by atomic mass is 10.1. The van der Waals surface area contributed by atoms with Gasteiger partial charge < -0.3 is 15.2 Å². The highest BCUT2D eigenvalue weighted by molar-refractivity contribution is 5.32. The number of rotatable bonds is 2. The maximum Gasteiger partial charge on any atom is 0.168 e. The maximum absolute atomic E-state index is 13.0. The normalized spacial score (nSPS) is 21.3. The van der Waals surface area contributed by atoms with Crippen LogP contribution in [0.3, 0.4) is 0 Å². The Bertz CT molecular complexity index is 337. The Morgan fingerprint density at radius 2 is 2.33 bits per heavy atom. The van der Waals surface area contributed by atoms with Gasteiger partial charge in [-0.2, -0.15) is 0 Å². The summed E-state index contributed by atoms with van der Waals surface area (Å²) >= 11 is 0. The molecule has 1 fully saturated rings. The predicted octanol–water partition coefficient (Wildman–Crippen LogP) is 1.66. The number of halogens is 1. The van der Waals surface area contributed by atoms with Crippen LogP contribution in [0.1, 0.15) is 12.8 Å². The highest BCUT2D eigenvalue weighted by atomic mass is 19.1. The lowest BCUT2D eigenvalue weighted by molar-refractivity contribution is 0.166. The molecule has 0 amide bonds. The molecule has 2 N–H and O–H groups in total. The zero-order chi connectivity index (χ0) is 10.7. The van der Waals surface area contributed by atoms with Gasteiger partial charge in [0.2, 0.25) is 0 Å². The molecule has 82 valence electrons. The van der Waals surface area contributed by atoms with Gasteiger partial charge in [-0.1, -0.05) is 0 Å². The minimum atomic E-state index is -0.642. The summed E-state index contributed by atoms with van der Waals surface area (Å²) in [4.78, 5) is 0. The first-order valence-electron chi connectivity index (χ1n) is 5.11. The van der Waals surface area contributed by atoms with Crippen molar-refractivity contribution in [3.8, 4) is 11.5 Å². The van der Waals surface area contributed by atoms with Gasteiger partial charge in [0.05, 0.1) is 0 Å². The molecule has 1 aliphatic heterocycles. The summed E-state index contributed by atoms with van der Waals surface area (Å²) in [6, 6.07) is 4.10. The van der Waals surface area contributed by atoms with Crippen molar-refractivity contribution in [2.24, 2.45) is 0 Å². The van der Waals surface area contributed by atoms with E-state index in [2.05, 4.69) is 5.32 Å². The van der Waals surface area contributed by atoms with Crippen molar-refractivity contribution in [3.63, 3.8) is 0 Å². The number of aromatic hydroxyl groups is 1. The van der Waals surface area contributed by atoms with E-state index in [0.29, 0.717) is 5.75 Å². The van der Waals surface area contributed by atoms with Crippen LogP contribution in [0.2, 0.25) is 0 Å². The third-order valence-electron chi connectivity index (χ3n) is 2.47. The summed E-state index contributed by atoms with van der Waals surface area (Å²) < 4.78 is 18.6. The molecule has 0 aliphatic carbocycles. The largest absolute Gasteiger partial charge is 0.505 e. The number of phenolic OH excluding ortho intramolecular Hbond substituents is 1. The van der Waals surface area contributed by atoms with Crippen molar-refractivity contribution >= 4 is 0 Å². The molecule has 0 bridgehead atoms. The topological polar surface area (TPSA) is 41.5 Å². The molecule has 0 spiro atoms. The Hall–Kier alpha value is -1.29. The predicted molar refractivity (Wildman–Crippen MR) is 54.6 cm³/mol. The number of ether oxygens (including phenoxy) is 1. The van der Waals surface area contributed by atoms with Gasteiger partial charge >= 0.3 is 0 Å². The third kappa shape index (κ3) is 2.59. The van der Waals surface area contributed by atoms with Crippen molar-refractivity contribution in [2.45, 2.75) is 18.9 Å². The number of hydrogen-bond donors (Lipinski definition) is 2. The van der Waals surface area contributed by atoms with Crippen molar-refractivity contribution < 1.29 is 14.2 Å². The molecule has 1 aromatic rings. The van der Waals surface area contributed by atoms with Crippen LogP contribution in [0, 0.1) is 5.82 Å². The van der Waals surface area contributed by atoms with E-state index in [0.717, 1.165) is 25.9 Å². The van der Waals surface area contributed by atoms with E-state index >= 15 is 0 Å². The van der Waals surface area contributed by atoms with Crippen LogP contribution in [-0.4, -0.2) is 24.3 Å². The van der Waals surface area contributed by atoms with Gasteiger partial charge in [-0.05, 0) is 31.5 Å². The zero-order valence-corrected chi connectivity index (χ0v) is 8.37. The Labute approximate surface area is 87.9 Å². The highest BCUT2D eigenvalue weighted by Gasteiger charge is 2.14. The van der Waals surface area contributed by atoms with E-state index in [9.17, 15) is 4.39 Å². The molecule has 0 saturated carbocycles. The fourth-order valence-electron chi connectivity index (χ4n) is 1.67. The molecule has 2 rings (SSSR count). The quantitative estimate of drug-likeness (QED) is 0.781. The van der Waals surface area contributed by atoms with E-state index in [1.54, 1.807) is 6.07 Å². The number of phenols is 1. The minimum absolute atomic E-state index is 0.0997. The molecule has 1 heterocycles. The summed E-state index contributed by atoms with van der Waals surface area (Å²) in [6.07, 6.45) is 2.16. The summed E-state index contributed by atoms with van der Waals surface area (Å²) in [5.74, 6) is -0.514. The molecular formula is C11H14FNO2. The molecule has 4 heteroatoms. The van der Waals surface area contributed by atoms with E-state index in [-0.39, 0.29) is 11.9 Å². The van der Waals surface area contributed by atoms with Crippen LogP contribution in [0.4, 0.5) is 4.39 Å². The van der Waals surface area contributed by atoms with Crippen molar-refractivity contribution in [3.05, 3.63) is 24.0 Å². The van der Waals surface area contributed by atoms with E-state index in [4.69, 9.17) is 9.84 Å². The molecule has 0 aromatic heterocycles. The van der Waals surface area contributed by atoms with Crippen LogP contribution >= 0.6 is 0 Å². The number of hydrogen-bond acceptors (Lipinski definition) is 3. The molecule has 1 aliphatic rings. The van der Waals surface area contributed by atoms with Gasteiger partial charge in [-0.15, -0.1) is 0 Å². The van der Waals surface area contributed by atoms with Gasteiger partial charge in [0.1, 0.15) is 11.9 Å². The Kier molecular flexibility index (Phi) is 3.06. The number of benzene rings is 1. The molecule has 15 heavy (non-hydrogen) atoms. The molecule has 1 aromatic carbocycles. The standard InChI is InChI=1S/C11H14FNO2/c12-10-6-8(3-4-11(10)14)15-9-2-1-5-13-7-9/h3-4,6,9,13-14H,1-2,5,7H2. The SMILES string of the molecule is Oc1ccc(OC2CCCNC2)cc1F. The average Bonchev–Trinajstić information content (AvgIpc) is 2.25. The summed E-state index contributed by atoms with van der Waals surface area (Å²) in [5.41, 5.74) is 0. The van der Waals surface area contributed by atoms with E-state index in [1.165, 1.54) is 12.1 Å². The monoisotopic (exact) mass is 211 g/mol. The van der Waals surface area contributed by atoms with Crippen molar-refractivity contribution in [2.75, 3.05) is 13.1 Å². The lowest BCUT2D eigenvalue weighted by Crippen LogP contribution is -2.37. The fraction of sp³-hybridized carbons (Fsp3) is 0.455. The first kappa shape index (κ1) is 10.2. The Morgan fingerprint density at radius 3 is 3.00 bits per heavy atom. The summed E-state index contributed by atoms with van der Waals surface area (Å²) in [6.45, 7) is 1.81. The molecule has 1 unspecified atom stereocenters. The number of piperidine rings is 1. The fourth-order valence-corrected chi connectivity index (χ4v) is 1.67. The zero-order valence-electron chi connectivity index (χ0n) is 8.37. The van der Waals surface area contributed by atoms with Crippen LogP contribution in [0.25, 0.3) is 0 Å². The van der Waals surface area contributed by atoms with Crippen molar-refractivity contribution in [1.29, 1.82) is 0 Å². The van der Waals surface area contributed by atoms with Crippen LogP contribution in [0.15, 0.2) is 18.2 Å². The third-order valence-corrected chi connectivity index (χ3v) is 2.47. The molecular weight excluding hydrogens is 197 g/mol. The summed E-state index contributed by atoms with van der Waals surface area (Å²) in [5, 5.41) is 12.2. The minimum Gasteiger partial charge on any atom is -0.505 e. The smallest absolute Gasteiger partial charge is 0.168 e. The van der Waals surface area contributed by atoms with Crippen LogP contribution in [-0.2, 0) is 0 Å². The van der Waals surface area contributed by atoms with Gasteiger partial charge in [-0.25, -0.2) is 4.39 Å². The van der Waals surface area contributed by atoms with Gasteiger partial charge in [0.25, 0.3) is 0 Å². The van der Waals surface area contributed by atoms with Crippen LogP contribution in [0.5, 0.6) is 11.5 Å². The first-order valence-corrected chi connectivity index (χ1v) is 5.11. The molecule has 0 radical (unpaired) electrons. The highest BCUT2D eigenvalue weighted by Crippen LogP contribution is 2.22. The van der Waals surface area contributed by atoms with Gasteiger partial charge in [-0.3, -0.25) is 0 Å². The maximum atomic E-state index is 13.0. The van der Waals surface area contributed by atoms with Gasteiger partial charge in [0, 0.05) is 12.6 Å². The van der Waals surface area contributed by atoms with E-state index < -0.39 is 5.82 Å². The van der Waals surface area contributed by atoms with Gasteiger partial charge in [0.15, 0.2) is 11.6 Å². The Morgan fingerprint density at radius 1 is 1.47 bits per heavy atom. The second kappa shape index (κ2) is 4.49. The first-order chi connectivity index (χ1) is 7.25. The van der Waals surface area contributed by atoms with Crippen LogP contribution < -0.4 is 10.1 Å². The molecule has 1 saturated heterocycles. The second-order valence-electron chi connectivity index (χ2n) is 3.70. The average molecular weight is 211 g/mol. The lowest BCUT2D eigenvalue weighted by Gasteiger charge is -2.23. The number of nitrogens with one attached hydrogen (secondary N) is 1. The van der Waals surface area contributed by atoms with Crippen molar-refractivity contribution in [1.82, 2.24) is 5.32 Å².